The third kappa shape index (κ3) is 9.23. The Morgan fingerprint density at radius 2 is 1.33 bits per heavy atom. The van der Waals surface area contributed by atoms with E-state index in [1.54, 1.807) is 0 Å². The second kappa shape index (κ2) is 12.7. The van der Waals surface area contributed by atoms with Gasteiger partial charge in [-0.2, -0.15) is 0 Å². The van der Waals surface area contributed by atoms with E-state index in [9.17, 15) is 4.57 Å². The van der Waals surface area contributed by atoms with Crippen molar-refractivity contribution in [3.63, 3.8) is 0 Å². The second-order valence-electron chi connectivity index (χ2n) is 6.24. The maximum absolute atomic E-state index is 13.2. The van der Waals surface area contributed by atoms with E-state index in [0.717, 1.165) is 36.8 Å². The summed E-state index contributed by atoms with van der Waals surface area (Å²) in [6.45, 7) is 1.28. The van der Waals surface area contributed by atoms with Crippen molar-refractivity contribution in [3.8, 4) is 0 Å². The van der Waals surface area contributed by atoms with E-state index in [2.05, 4.69) is 22.4 Å². The summed E-state index contributed by atoms with van der Waals surface area (Å²) in [4.78, 5) is 3.90. The van der Waals surface area contributed by atoms with Gasteiger partial charge < -0.3 is 9.05 Å². The Balaban J connectivity index is 1.86. The average Bonchev–Trinajstić information content (AvgIpc) is 2.72. The van der Waals surface area contributed by atoms with Crippen molar-refractivity contribution in [1.82, 2.24) is 0 Å². The zero-order valence-electron chi connectivity index (χ0n) is 15.5. The third-order valence-electron chi connectivity index (χ3n) is 4.06. The van der Waals surface area contributed by atoms with Crippen molar-refractivity contribution >= 4 is 25.0 Å². The Hall–Kier alpha value is -1.61. The zero-order chi connectivity index (χ0) is 19.2. The van der Waals surface area contributed by atoms with E-state index >= 15 is 0 Å². The summed E-state index contributed by atoms with van der Waals surface area (Å²) in [6.07, 6.45) is 4.15. The quantitative estimate of drug-likeness (QED) is 0.171. The Morgan fingerprint density at radius 3 is 1.85 bits per heavy atom. The van der Waals surface area contributed by atoms with Gasteiger partial charge >= 0.3 is 7.60 Å². The van der Waals surface area contributed by atoms with Crippen LogP contribution in [-0.4, -0.2) is 17.9 Å². The first-order valence-electron chi connectivity index (χ1n) is 9.21. The Bertz CT molecular complexity index is 701. The van der Waals surface area contributed by atoms with E-state index in [1.165, 1.54) is 0 Å². The molecule has 0 aliphatic rings. The maximum atomic E-state index is 13.2. The number of hydrogen-bond acceptors (Lipinski definition) is 5. The van der Waals surface area contributed by atoms with E-state index < -0.39 is 7.60 Å². The summed E-state index contributed by atoms with van der Waals surface area (Å²) in [5, 5.41) is 2.37. The number of benzene rings is 2. The minimum absolute atomic E-state index is 0.288. The fourth-order valence-corrected chi connectivity index (χ4v) is 4.28. The molecule has 144 valence electrons. The molecule has 0 radical (unpaired) electrons. The first-order valence-corrected chi connectivity index (χ1v) is 11.3. The van der Waals surface area contributed by atoms with E-state index in [-0.39, 0.29) is 13.2 Å². The van der Waals surface area contributed by atoms with Crippen molar-refractivity contribution in [1.29, 1.82) is 0 Å². The molecule has 2 aromatic carbocycles. The number of nitrogens with zero attached hydrogens (tertiary/aromatic N) is 1. The molecular weight excluding hydrogens is 377 g/mol. The van der Waals surface area contributed by atoms with Crippen LogP contribution in [0.25, 0.3) is 0 Å². The van der Waals surface area contributed by atoms with Gasteiger partial charge in [-0.05, 0) is 36.2 Å². The average molecular weight is 403 g/mol. The number of unbranched alkanes of at least 4 members (excludes halogenated alkanes) is 3. The monoisotopic (exact) mass is 403 g/mol. The highest BCUT2D eigenvalue weighted by molar-refractivity contribution is 7.78. The largest absolute Gasteiger partial charge is 0.331 e. The SMILES string of the molecule is O=P(CCCCCCN=C=S)(OCc1ccccc1)OCc1ccccc1. The van der Waals surface area contributed by atoms with Crippen LogP contribution in [0.15, 0.2) is 65.7 Å². The van der Waals surface area contributed by atoms with Crippen LogP contribution in [0, 0.1) is 0 Å². The molecule has 0 aliphatic carbocycles. The molecule has 0 fully saturated rings. The highest BCUT2D eigenvalue weighted by Crippen LogP contribution is 2.50. The van der Waals surface area contributed by atoms with Gasteiger partial charge in [0.2, 0.25) is 0 Å². The van der Waals surface area contributed by atoms with Gasteiger partial charge in [0.25, 0.3) is 0 Å². The molecule has 0 amide bonds. The van der Waals surface area contributed by atoms with Crippen LogP contribution in [0.4, 0.5) is 0 Å². The van der Waals surface area contributed by atoms with Gasteiger partial charge in [-0.1, -0.05) is 73.5 Å². The van der Waals surface area contributed by atoms with E-state index in [4.69, 9.17) is 9.05 Å². The molecule has 0 saturated carbocycles. The third-order valence-corrected chi connectivity index (χ3v) is 6.10. The van der Waals surface area contributed by atoms with Crippen molar-refractivity contribution in [2.45, 2.75) is 38.9 Å². The summed E-state index contributed by atoms with van der Waals surface area (Å²) in [7, 11) is -3.16. The van der Waals surface area contributed by atoms with Gasteiger partial charge in [-0.15, -0.1) is 0 Å². The molecule has 0 aromatic heterocycles. The lowest BCUT2D eigenvalue weighted by atomic mass is 10.2. The van der Waals surface area contributed by atoms with Crippen LogP contribution in [0.5, 0.6) is 0 Å². The molecule has 27 heavy (non-hydrogen) atoms. The van der Waals surface area contributed by atoms with E-state index in [0.29, 0.717) is 12.7 Å². The van der Waals surface area contributed by atoms with Crippen LogP contribution in [0.2, 0.25) is 0 Å². The second-order valence-corrected chi connectivity index (χ2v) is 8.61. The molecule has 0 saturated heterocycles. The van der Waals surface area contributed by atoms with Gasteiger partial charge in [0.15, 0.2) is 0 Å². The molecule has 4 nitrogen and oxygen atoms in total. The molecule has 0 spiro atoms. The van der Waals surface area contributed by atoms with Crippen LogP contribution in [0.3, 0.4) is 0 Å². The Kier molecular flexibility index (Phi) is 10.2. The standard InChI is InChI=1S/C21H26NO3PS/c23-26(16-10-2-1-9-15-22-19-27,24-17-20-11-5-3-6-12-20)25-18-21-13-7-4-8-14-21/h3-8,11-14H,1-2,9-10,15-18H2. The highest BCUT2D eigenvalue weighted by Gasteiger charge is 2.24. The number of rotatable bonds is 13. The fraction of sp³-hybridized carbons (Fsp3) is 0.381. The van der Waals surface area contributed by atoms with E-state index in [1.807, 2.05) is 60.7 Å². The molecule has 0 heterocycles. The molecule has 2 rings (SSSR count). The predicted molar refractivity (Wildman–Crippen MR) is 113 cm³/mol. The molecule has 0 N–H and O–H groups in total. The smallest absolute Gasteiger partial charge is 0.304 e. The molecule has 0 unspecified atom stereocenters. The van der Waals surface area contributed by atoms with Gasteiger partial charge in [0.05, 0.1) is 24.5 Å². The molecule has 2 aromatic rings. The topological polar surface area (TPSA) is 47.9 Å². The van der Waals surface area contributed by atoms with Crippen LogP contribution in [-0.2, 0) is 26.8 Å². The summed E-state index contributed by atoms with van der Waals surface area (Å²) < 4.78 is 24.8. The zero-order valence-corrected chi connectivity index (χ0v) is 17.2. The number of isothiocyanates is 1. The summed E-state index contributed by atoms with van der Waals surface area (Å²) >= 11 is 4.55. The summed E-state index contributed by atoms with van der Waals surface area (Å²) in [5.41, 5.74) is 1.97. The van der Waals surface area contributed by atoms with Gasteiger partial charge in [-0.25, -0.2) is 4.99 Å². The molecule has 6 heteroatoms. The van der Waals surface area contributed by atoms with Gasteiger partial charge in [0, 0.05) is 6.54 Å². The van der Waals surface area contributed by atoms with Crippen molar-refractivity contribution in [3.05, 3.63) is 71.8 Å². The Morgan fingerprint density at radius 1 is 0.815 bits per heavy atom. The Labute approximate surface area is 167 Å². The molecule has 0 bridgehead atoms. The highest BCUT2D eigenvalue weighted by atomic mass is 32.1. The molecule has 0 aliphatic heterocycles. The van der Waals surface area contributed by atoms with Crippen molar-refractivity contribution in [2.24, 2.45) is 4.99 Å². The van der Waals surface area contributed by atoms with Crippen LogP contribution < -0.4 is 0 Å². The van der Waals surface area contributed by atoms with Gasteiger partial charge in [0.1, 0.15) is 0 Å². The lowest BCUT2D eigenvalue weighted by Gasteiger charge is -2.19. The molecule has 0 atom stereocenters. The van der Waals surface area contributed by atoms with Crippen LogP contribution >= 0.6 is 19.8 Å². The van der Waals surface area contributed by atoms with Crippen molar-refractivity contribution in [2.75, 3.05) is 12.7 Å². The number of aliphatic imine (C=N–C) groups is 1. The fourth-order valence-electron chi connectivity index (χ4n) is 2.56. The van der Waals surface area contributed by atoms with Gasteiger partial charge in [-0.3, -0.25) is 4.57 Å². The minimum Gasteiger partial charge on any atom is -0.304 e. The van der Waals surface area contributed by atoms with Crippen molar-refractivity contribution < 1.29 is 13.6 Å². The molecular formula is C21H26NO3PS. The lowest BCUT2D eigenvalue weighted by molar-refractivity contribution is 0.190. The summed E-state index contributed by atoms with van der Waals surface area (Å²) in [6, 6.07) is 19.5. The number of hydrogen-bond donors (Lipinski definition) is 0. The lowest BCUT2D eigenvalue weighted by Crippen LogP contribution is -2.02. The normalized spacial score (nSPS) is 11.1. The first kappa shape index (κ1) is 21.7. The predicted octanol–water partition coefficient (Wildman–Crippen LogP) is 6.28. The minimum atomic E-state index is -3.16. The van der Waals surface area contributed by atoms with Crippen LogP contribution in [0.1, 0.15) is 36.8 Å². The summed E-state index contributed by atoms with van der Waals surface area (Å²) in [5.74, 6) is 0. The maximum Gasteiger partial charge on any atom is 0.331 e. The first-order chi connectivity index (χ1) is 13.2. The number of thiocarbonyl (C=S) groups is 1.